The Morgan fingerprint density at radius 2 is 2.38 bits per heavy atom. The van der Waals surface area contributed by atoms with Crippen molar-refractivity contribution < 1.29 is 4.74 Å². The number of nitrogens with zero attached hydrogens (tertiary/aromatic N) is 1. The molecule has 1 aromatic heterocycles. The second-order valence-corrected chi connectivity index (χ2v) is 4.00. The van der Waals surface area contributed by atoms with Crippen molar-refractivity contribution in [2.24, 2.45) is 5.84 Å². The maximum absolute atomic E-state index is 5.60. The first kappa shape index (κ1) is 11.1. The number of aromatic nitrogens is 1. The summed E-state index contributed by atoms with van der Waals surface area (Å²) in [7, 11) is 0. The van der Waals surface area contributed by atoms with E-state index in [0.717, 1.165) is 30.7 Å². The Kier molecular flexibility index (Phi) is 3.54. The maximum atomic E-state index is 5.60. The van der Waals surface area contributed by atoms with Gasteiger partial charge in [0.05, 0.1) is 18.9 Å². The number of ether oxygens (including phenoxy) is 1. The van der Waals surface area contributed by atoms with Crippen molar-refractivity contribution in [3.8, 4) is 0 Å². The van der Waals surface area contributed by atoms with E-state index in [4.69, 9.17) is 10.6 Å². The monoisotopic (exact) mass is 219 g/mol. The highest BCUT2D eigenvalue weighted by Crippen LogP contribution is 2.26. The zero-order valence-corrected chi connectivity index (χ0v) is 9.44. The van der Waals surface area contributed by atoms with E-state index >= 15 is 0 Å². The molecule has 0 amide bonds. The molecule has 0 fully saturated rings. The molecule has 86 valence electrons. The highest BCUT2D eigenvalue weighted by molar-refractivity contribution is 5.26. The van der Waals surface area contributed by atoms with Crippen molar-refractivity contribution in [3.63, 3.8) is 0 Å². The highest BCUT2D eigenvalue weighted by Gasteiger charge is 2.17. The Balaban J connectivity index is 2.21. The molecule has 0 bridgehead atoms. The number of hydrogen-bond acceptors (Lipinski definition) is 4. The van der Waals surface area contributed by atoms with E-state index in [1.54, 1.807) is 0 Å². The number of rotatable bonds is 3. The molecule has 0 saturated heterocycles. The third kappa shape index (κ3) is 2.40. The fourth-order valence-electron chi connectivity index (χ4n) is 1.86. The molecule has 0 saturated carbocycles. The van der Waals surface area contributed by atoms with Crippen molar-refractivity contribution in [1.29, 1.82) is 0 Å². The van der Waals surface area contributed by atoms with E-state index in [1.165, 1.54) is 5.57 Å². The van der Waals surface area contributed by atoms with Gasteiger partial charge in [0.25, 0.3) is 0 Å². The van der Waals surface area contributed by atoms with Crippen molar-refractivity contribution in [1.82, 2.24) is 10.4 Å². The van der Waals surface area contributed by atoms with Gasteiger partial charge >= 0.3 is 0 Å². The van der Waals surface area contributed by atoms with Gasteiger partial charge in [0, 0.05) is 11.9 Å². The fraction of sp³-hybridized carbons (Fsp3) is 0.417. The largest absolute Gasteiger partial charge is 0.501 e. The van der Waals surface area contributed by atoms with Crippen LogP contribution < -0.4 is 11.3 Å². The van der Waals surface area contributed by atoms with Crippen molar-refractivity contribution >= 4 is 0 Å². The standard InChI is InChI=1S/C12H17N3O/c1-9-4-5-10(7-14-9)12(15-13)11-3-2-6-16-8-11/h4-5,7-8,12,15H,2-3,6,13H2,1H3. The smallest absolute Gasteiger partial charge is 0.0876 e. The first-order chi connectivity index (χ1) is 7.81. The lowest BCUT2D eigenvalue weighted by molar-refractivity contribution is 0.219. The topological polar surface area (TPSA) is 60.2 Å². The van der Waals surface area contributed by atoms with Gasteiger partial charge in [-0.1, -0.05) is 6.07 Å². The summed E-state index contributed by atoms with van der Waals surface area (Å²) in [5, 5.41) is 0. The van der Waals surface area contributed by atoms with Crippen LogP contribution in [0.15, 0.2) is 30.2 Å². The Morgan fingerprint density at radius 1 is 1.50 bits per heavy atom. The quantitative estimate of drug-likeness (QED) is 0.598. The number of nitrogens with one attached hydrogen (secondary N) is 1. The van der Waals surface area contributed by atoms with Crippen LogP contribution in [-0.2, 0) is 4.74 Å². The number of nitrogens with two attached hydrogens (primary N) is 1. The lowest BCUT2D eigenvalue weighted by atomic mass is 9.97. The van der Waals surface area contributed by atoms with Crippen molar-refractivity contribution in [2.45, 2.75) is 25.8 Å². The molecule has 0 aromatic carbocycles. The van der Waals surface area contributed by atoms with Crippen LogP contribution in [0, 0.1) is 6.92 Å². The Labute approximate surface area is 95.5 Å². The average Bonchev–Trinajstić information content (AvgIpc) is 2.34. The maximum Gasteiger partial charge on any atom is 0.0876 e. The summed E-state index contributed by atoms with van der Waals surface area (Å²) in [6.45, 7) is 2.77. The molecule has 0 aliphatic carbocycles. The second kappa shape index (κ2) is 5.09. The normalized spacial score (nSPS) is 17.5. The summed E-state index contributed by atoms with van der Waals surface area (Å²) in [5.74, 6) is 5.60. The Bertz CT molecular complexity index is 372. The minimum absolute atomic E-state index is 0.00778. The van der Waals surface area contributed by atoms with Gasteiger partial charge in [-0.2, -0.15) is 0 Å². The second-order valence-electron chi connectivity index (χ2n) is 4.00. The van der Waals surface area contributed by atoms with Gasteiger partial charge in [0.15, 0.2) is 0 Å². The van der Waals surface area contributed by atoms with E-state index in [-0.39, 0.29) is 6.04 Å². The summed E-state index contributed by atoms with van der Waals surface area (Å²) in [6.07, 6.45) is 5.73. The summed E-state index contributed by atoms with van der Waals surface area (Å²) in [6, 6.07) is 4.04. The van der Waals surface area contributed by atoms with Crippen LogP contribution in [0.2, 0.25) is 0 Å². The third-order valence-corrected chi connectivity index (χ3v) is 2.77. The lowest BCUT2D eigenvalue weighted by Gasteiger charge is -2.22. The highest BCUT2D eigenvalue weighted by atomic mass is 16.5. The molecule has 0 spiro atoms. The van der Waals surface area contributed by atoms with Crippen molar-refractivity contribution in [2.75, 3.05) is 6.61 Å². The molecule has 1 aliphatic rings. The molecular weight excluding hydrogens is 202 g/mol. The van der Waals surface area contributed by atoms with Gasteiger partial charge in [-0.25, -0.2) is 5.43 Å². The molecule has 4 heteroatoms. The van der Waals surface area contributed by atoms with E-state index in [9.17, 15) is 0 Å². The average molecular weight is 219 g/mol. The van der Waals surface area contributed by atoms with Gasteiger partial charge in [-0.05, 0) is 37.0 Å². The van der Waals surface area contributed by atoms with Gasteiger partial charge in [-0.3, -0.25) is 10.8 Å². The number of pyridine rings is 1. The number of aryl methyl sites for hydroxylation is 1. The van der Waals surface area contributed by atoms with Crippen LogP contribution in [0.1, 0.15) is 30.1 Å². The molecule has 3 N–H and O–H groups in total. The molecule has 4 nitrogen and oxygen atoms in total. The molecule has 1 aromatic rings. The van der Waals surface area contributed by atoms with E-state index in [2.05, 4.69) is 10.4 Å². The fourth-order valence-corrected chi connectivity index (χ4v) is 1.86. The van der Waals surface area contributed by atoms with Gasteiger partial charge < -0.3 is 4.74 Å². The van der Waals surface area contributed by atoms with E-state index in [1.807, 2.05) is 31.5 Å². The third-order valence-electron chi connectivity index (χ3n) is 2.77. The lowest BCUT2D eigenvalue weighted by Crippen LogP contribution is -2.30. The molecule has 2 rings (SSSR count). The van der Waals surface area contributed by atoms with E-state index in [0.29, 0.717) is 0 Å². The molecule has 1 aliphatic heterocycles. The SMILES string of the molecule is Cc1ccc(C(NN)C2=COCCC2)cn1. The Hall–Kier alpha value is -1.39. The van der Waals surface area contributed by atoms with Crippen LogP contribution >= 0.6 is 0 Å². The minimum atomic E-state index is 0.00778. The molecule has 0 radical (unpaired) electrons. The summed E-state index contributed by atoms with van der Waals surface area (Å²) >= 11 is 0. The van der Waals surface area contributed by atoms with Crippen molar-refractivity contribution in [3.05, 3.63) is 41.4 Å². The summed E-state index contributed by atoms with van der Waals surface area (Å²) in [4.78, 5) is 4.28. The number of hydrazine groups is 1. The van der Waals surface area contributed by atoms with E-state index < -0.39 is 0 Å². The number of hydrogen-bond donors (Lipinski definition) is 2. The summed E-state index contributed by atoms with van der Waals surface area (Å²) in [5.41, 5.74) is 6.08. The van der Waals surface area contributed by atoms with Gasteiger partial charge in [-0.15, -0.1) is 0 Å². The first-order valence-corrected chi connectivity index (χ1v) is 5.50. The molecule has 2 heterocycles. The van der Waals surface area contributed by atoms with Crippen LogP contribution in [0.3, 0.4) is 0 Å². The molecule has 1 atom stereocenters. The van der Waals surface area contributed by atoms with Gasteiger partial charge in [0.1, 0.15) is 0 Å². The predicted octanol–water partition coefficient (Wildman–Crippen LogP) is 1.59. The molecule has 16 heavy (non-hydrogen) atoms. The first-order valence-electron chi connectivity index (χ1n) is 5.50. The zero-order chi connectivity index (χ0) is 11.4. The molecular formula is C12H17N3O. The van der Waals surface area contributed by atoms with Gasteiger partial charge in [0.2, 0.25) is 0 Å². The van der Waals surface area contributed by atoms with Crippen LogP contribution in [-0.4, -0.2) is 11.6 Å². The zero-order valence-electron chi connectivity index (χ0n) is 9.44. The van der Waals surface area contributed by atoms with Crippen LogP contribution in [0.25, 0.3) is 0 Å². The Morgan fingerprint density at radius 3 is 2.94 bits per heavy atom. The van der Waals surface area contributed by atoms with Crippen LogP contribution in [0.4, 0.5) is 0 Å². The summed E-state index contributed by atoms with van der Waals surface area (Å²) < 4.78 is 5.33. The molecule has 1 unspecified atom stereocenters. The minimum Gasteiger partial charge on any atom is -0.501 e. The predicted molar refractivity (Wildman–Crippen MR) is 62.3 cm³/mol. The van der Waals surface area contributed by atoms with Crippen LogP contribution in [0.5, 0.6) is 0 Å².